The molecule has 0 spiro atoms. The van der Waals surface area contributed by atoms with Gasteiger partial charge in [-0.15, -0.1) is 0 Å². The Balaban J connectivity index is 1.49. The summed E-state index contributed by atoms with van der Waals surface area (Å²) in [4.78, 5) is 15.7. The van der Waals surface area contributed by atoms with Gasteiger partial charge in [-0.1, -0.05) is 49.1 Å². The fraction of sp³-hybridized carbons (Fsp3) is 0.636. The van der Waals surface area contributed by atoms with E-state index in [0.29, 0.717) is 0 Å². The summed E-state index contributed by atoms with van der Waals surface area (Å²) < 4.78 is 0. The average molecular weight is 371 g/mol. The van der Waals surface area contributed by atoms with E-state index in [0.717, 1.165) is 58.4 Å². The maximum atomic E-state index is 12.8. The zero-order chi connectivity index (χ0) is 19.3. The minimum atomic E-state index is -0.624. The predicted molar refractivity (Wildman–Crippen MR) is 105 cm³/mol. The number of aryl methyl sites for hydroxylation is 1. The number of nitrogens with zero attached hydrogens (tertiary/aromatic N) is 1. The first-order valence-corrected chi connectivity index (χ1v) is 10.5. The average Bonchev–Trinajstić information content (AvgIpc) is 2.69. The van der Waals surface area contributed by atoms with E-state index in [1.54, 1.807) is 4.90 Å². The molecule has 1 saturated heterocycles. The molecule has 5 heteroatoms. The lowest BCUT2D eigenvalue weighted by Gasteiger charge is -2.36. The third kappa shape index (κ3) is 5.09. The van der Waals surface area contributed by atoms with Crippen LogP contribution in [0.1, 0.15) is 50.2 Å². The Bertz CT molecular complexity index is 682. The Kier molecular flexibility index (Phi) is 6.51. The molecule has 1 atom stereocenters. The summed E-state index contributed by atoms with van der Waals surface area (Å²) in [7, 11) is 0. The summed E-state index contributed by atoms with van der Waals surface area (Å²) in [6.07, 6.45) is 4.84. The Morgan fingerprint density at radius 2 is 1.93 bits per heavy atom. The molecule has 1 aromatic rings. The molecule has 1 aliphatic heterocycles. The number of benzene rings is 1. The van der Waals surface area contributed by atoms with Crippen molar-refractivity contribution in [2.75, 3.05) is 26.2 Å². The van der Waals surface area contributed by atoms with Crippen LogP contribution in [0.4, 0.5) is 0 Å². The van der Waals surface area contributed by atoms with Gasteiger partial charge < -0.3 is 15.1 Å². The van der Waals surface area contributed by atoms with Crippen LogP contribution in [-0.4, -0.2) is 43.7 Å². The molecule has 5 nitrogen and oxygen atoms in total. The van der Waals surface area contributed by atoms with E-state index >= 15 is 0 Å². The van der Waals surface area contributed by atoms with Crippen LogP contribution in [0.5, 0.6) is 0 Å². The molecular weight excluding hydrogens is 336 g/mol. The number of rotatable bonds is 5. The van der Waals surface area contributed by atoms with Crippen molar-refractivity contribution in [3.05, 3.63) is 35.4 Å². The number of hydrogen-bond acceptors (Lipinski definition) is 2. The molecule has 27 heavy (non-hydrogen) atoms. The van der Waals surface area contributed by atoms with Crippen LogP contribution in [0, 0.1) is 18.3 Å². The molecule has 0 aromatic heterocycles. The molecule has 1 heterocycles. The van der Waals surface area contributed by atoms with Gasteiger partial charge in [0.15, 0.2) is 6.04 Å². The maximum absolute atomic E-state index is 12.8. The molecular formula is C22H34N4O+2. The lowest BCUT2D eigenvalue weighted by molar-refractivity contribution is -1.02. The van der Waals surface area contributed by atoms with Crippen molar-refractivity contribution in [2.24, 2.45) is 0 Å². The third-order valence-electron chi connectivity index (χ3n) is 6.43. The largest absolute Gasteiger partial charge is 0.333 e. The number of carbonyl (C=O) groups is 1. The highest BCUT2D eigenvalue weighted by Gasteiger charge is 2.38. The SMILES string of the molecule is Cc1cccc(C[NH+]2CC[NH+]([C@H](C)C(=O)NC3(C#N)CCCCC3)CC2)c1. The molecule has 0 unspecified atom stereocenters. The van der Waals surface area contributed by atoms with E-state index in [4.69, 9.17) is 0 Å². The molecule has 1 aliphatic carbocycles. The third-order valence-corrected chi connectivity index (χ3v) is 6.43. The van der Waals surface area contributed by atoms with E-state index in [1.807, 2.05) is 6.92 Å². The first-order valence-electron chi connectivity index (χ1n) is 10.5. The summed E-state index contributed by atoms with van der Waals surface area (Å²) >= 11 is 0. The highest BCUT2D eigenvalue weighted by Crippen LogP contribution is 2.27. The molecule has 1 aromatic carbocycles. The van der Waals surface area contributed by atoms with Gasteiger partial charge in [0, 0.05) is 5.56 Å². The highest BCUT2D eigenvalue weighted by atomic mass is 16.2. The van der Waals surface area contributed by atoms with Crippen molar-refractivity contribution >= 4 is 5.91 Å². The predicted octanol–water partition coefficient (Wildman–Crippen LogP) is 0.00960. The number of carbonyl (C=O) groups excluding carboxylic acids is 1. The van der Waals surface area contributed by atoms with Crippen molar-refractivity contribution in [1.29, 1.82) is 5.26 Å². The number of nitrogens with one attached hydrogen (secondary N) is 3. The van der Waals surface area contributed by atoms with Crippen LogP contribution in [0.3, 0.4) is 0 Å². The van der Waals surface area contributed by atoms with Gasteiger partial charge in [0.05, 0.1) is 6.07 Å². The number of amides is 1. The van der Waals surface area contributed by atoms with E-state index in [1.165, 1.54) is 22.4 Å². The van der Waals surface area contributed by atoms with Crippen LogP contribution < -0.4 is 15.1 Å². The van der Waals surface area contributed by atoms with Crippen molar-refractivity contribution in [3.63, 3.8) is 0 Å². The second-order valence-electron chi connectivity index (χ2n) is 8.54. The molecule has 0 bridgehead atoms. The molecule has 0 radical (unpaired) electrons. The Hall–Kier alpha value is -1.90. The van der Waals surface area contributed by atoms with Gasteiger partial charge in [-0.25, -0.2) is 0 Å². The van der Waals surface area contributed by atoms with Crippen LogP contribution in [0.2, 0.25) is 0 Å². The van der Waals surface area contributed by atoms with Gasteiger partial charge in [0.1, 0.15) is 38.3 Å². The molecule has 146 valence electrons. The fourth-order valence-electron chi connectivity index (χ4n) is 4.59. The molecule has 2 aliphatic rings. The monoisotopic (exact) mass is 370 g/mol. The van der Waals surface area contributed by atoms with Gasteiger partial charge in [0.2, 0.25) is 0 Å². The normalized spacial score (nSPS) is 26.0. The van der Waals surface area contributed by atoms with Crippen molar-refractivity contribution in [1.82, 2.24) is 5.32 Å². The van der Waals surface area contributed by atoms with Crippen molar-refractivity contribution < 1.29 is 14.6 Å². The van der Waals surface area contributed by atoms with E-state index in [2.05, 4.69) is 42.6 Å². The van der Waals surface area contributed by atoms with Gasteiger partial charge >= 0.3 is 0 Å². The van der Waals surface area contributed by atoms with E-state index < -0.39 is 5.54 Å². The minimum Gasteiger partial charge on any atom is -0.333 e. The van der Waals surface area contributed by atoms with Gasteiger partial charge in [-0.2, -0.15) is 5.26 Å². The summed E-state index contributed by atoms with van der Waals surface area (Å²) in [6.45, 7) is 9.41. The number of hydrogen-bond donors (Lipinski definition) is 3. The molecule has 1 saturated carbocycles. The zero-order valence-electron chi connectivity index (χ0n) is 16.8. The van der Waals surface area contributed by atoms with Gasteiger partial charge in [0.25, 0.3) is 5.91 Å². The molecule has 2 fully saturated rings. The second kappa shape index (κ2) is 8.86. The number of nitriles is 1. The minimum absolute atomic E-state index is 0.0515. The maximum Gasteiger partial charge on any atom is 0.279 e. The highest BCUT2D eigenvalue weighted by molar-refractivity contribution is 5.81. The lowest BCUT2D eigenvalue weighted by Crippen LogP contribution is -3.29. The Morgan fingerprint density at radius 3 is 2.56 bits per heavy atom. The van der Waals surface area contributed by atoms with Crippen molar-refractivity contribution in [3.8, 4) is 6.07 Å². The van der Waals surface area contributed by atoms with Crippen molar-refractivity contribution in [2.45, 2.75) is 64.1 Å². The standard InChI is InChI=1S/C22H32N4O/c1-18-7-6-8-20(15-18)16-25-11-13-26(14-12-25)19(2)21(27)24-22(17-23)9-4-3-5-10-22/h6-8,15,19H,3-5,9-14,16H2,1-2H3,(H,24,27)/p+2/t19-/m1/s1. The van der Waals surface area contributed by atoms with Crippen LogP contribution in [0.15, 0.2) is 24.3 Å². The lowest BCUT2D eigenvalue weighted by atomic mass is 9.82. The Morgan fingerprint density at radius 1 is 1.22 bits per heavy atom. The Labute approximate surface area is 163 Å². The van der Waals surface area contributed by atoms with E-state index in [-0.39, 0.29) is 11.9 Å². The summed E-state index contributed by atoms with van der Waals surface area (Å²) in [6, 6.07) is 11.1. The zero-order valence-corrected chi connectivity index (χ0v) is 16.8. The first-order chi connectivity index (χ1) is 13.0. The van der Waals surface area contributed by atoms with Crippen LogP contribution >= 0.6 is 0 Å². The topological polar surface area (TPSA) is 61.8 Å². The summed E-state index contributed by atoms with van der Waals surface area (Å²) in [5, 5.41) is 12.7. The summed E-state index contributed by atoms with van der Waals surface area (Å²) in [5.74, 6) is 0.0515. The molecule has 3 N–H and O–H groups in total. The second-order valence-corrected chi connectivity index (χ2v) is 8.54. The number of quaternary nitrogens is 2. The van der Waals surface area contributed by atoms with Crippen LogP contribution in [0.25, 0.3) is 0 Å². The van der Waals surface area contributed by atoms with Gasteiger partial charge in [-0.05, 0) is 26.7 Å². The number of piperazine rings is 1. The fourth-order valence-corrected chi connectivity index (χ4v) is 4.59. The molecule has 3 rings (SSSR count). The smallest absolute Gasteiger partial charge is 0.279 e. The molecule has 1 amide bonds. The summed E-state index contributed by atoms with van der Waals surface area (Å²) in [5.41, 5.74) is 2.09. The van der Waals surface area contributed by atoms with E-state index in [9.17, 15) is 10.1 Å². The van der Waals surface area contributed by atoms with Gasteiger partial charge in [-0.3, -0.25) is 4.79 Å². The van der Waals surface area contributed by atoms with Crippen LogP contribution in [-0.2, 0) is 11.3 Å². The first kappa shape index (κ1) is 19.9. The quantitative estimate of drug-likeness (QED) is 0.684.